The Balaban J connectivity index is 0.00000208. The van der Waals surface area contributed by atoms with Crippen molar-refractivity contribution >= 4 is 18.3 Å². The van der Waals surface area contributed by atoms with E-state index in [1.807, 2.05) is 11.0 Å². The lowest BCUT2D eigenvalue weighted by Gasteiger charge is -2.26. The van der Waals surface area contributed by atoms with Crippen LogP contribution < -0.4 is 5.32 Å². The Morgan fingerprint density at radius 2 is 1.67 bits per heavy atom. The van der Waals surface area contributed by atoms with Crippen molar-refractivity contribution in [2.75, 3.05) is 26.2 Å². The molecular formula is C19H25ClN2O2. The standard InChI is InChI=1S/C19H24N2O2.ClH/c1-19(2,3)15-6-4-14(5-7-15)16-8-9-17(23-16)18(22)21-12-10-20-11-13-21;/h4-9,20H,10-13H2,1-3H3;1H. The van der Waals surface area contributed by atoms with Gasteiger partial charge in [-0.1, -0.05) is 45.0 Å². The van der Waals surface area contributed by atoms with Crippen LogP contribution in [0, 0.1) is 0 Å². The van der Waals surface area contributed by atoms with E-state index in [0.29, 0.717) is 5.76 Å². The smallest absolute Gasteiger partial charge is 0.289 e. The van der Waals surface area contributed by atoms with Crippen LogP contribution >= 0.6 is 12.4 Å². The van der Waals surface area contributed by atoms with Crippen molar-refractivity contribution in [2.24, 2.45) is 0 Å². The van der Waals surface area contributed by atoms with Crippen LogP contribution in [-0.2, 0) is 5.41 Å². The second kappa shape index (κ2) is 7.41. The van der Waals surface area contributed by atoms with Crippen LogP contribution in [0.15, 0.2) is 40.8 Å². The molecule has 0 radical (unpaired) electrons. The van der Waals surface area contributed by atoms with E-state index in [1.54, 1.807) is 6.07 Å². The lowest BCUT2D eigenvalue weighted by atomic mass is 9.86. The van der Waals surface area contributed by atoms with Crippen LogP contribution in [0.3, 0.4) is 0 Å². The van der Waals surface area contributed by atoms with E-state index >= 15 is 0 Å². The van der Waals surface area contributed by atoms with Crippen LogP contribution in [0.4, 0.5) is 0 Å². The van der Waals surface area contributed by atoms with Crippen molar-refractivity contribution in [3.8, 4) is 11.3 Å². The average Bonchev–Trinajstić information content (AvgIpc) is 3.04. The summed E-state index contributed by atoms with van der Waals surface area (Å²) in [5, 5.41) is 3.24. The van der Waals surface area contributed by atoms with Gasteiger partial charge in [0.25, 0.3) is 5.91 Å². The normalized spacial score (nSPS) is 15.0. The van der Waals surface area contributed by atoms with Crippen molar-refractivity contribution in [3.05, 3.63) is 47.7 Å². The molecule has 5 heteroatoms. The molecule has 0 aliphatic carbocycles. The summed E-state index contributed by atoms with van der Waals surface area (Å²) in [7, 11) is 0. The molecule has 4 nitrogen and oxygen atoms in total. The van der Waals surface area contributed by atoms with Gasteiger partial charge >= 0.3 is 0 Å². The van der Waals surface area contributed by atoms with Gasteiger partial charge < -0.3 is 14.6 Å². The van der Waals surface area contributed by atoms with Gasteiger partial charge in [-0.25, -0.2) is 0 Å². The molecule has 0 bridgehead atoms. The predicted octanol–water partition coefficient (Wildman–Crippen LogP) is 3.71. The Morgan fingerprint density at radius 3 is 2.25 bits per heavy atom. The van der Waals surface area contributed by atoms with Crippen molar-refractivity contribution in [1.29, 1.82) is 0 Å². The molecule has 1 N–H and O–H groups in total. The van der Waals surface area contributed by atoms with E-state index in [9.17, 15) is 4.79 Å². The average molecular weight is 349 g/mol. The summed E-state index contributed by atoms with van der Waals surface area (Å²) in [6, 6.07) is 12.0. The van der Waals surface area contributed by atoms with Gasteiger partial charge in [0.15, 0.2) is 5.76 Å². The fraction of sp³-hybridized carbons (Fsp3) is 0.421. The Morgan fingerprint density at radius 1 is 1.04 bits per heavy atom. The summed E-state index contributed by atoms with van der Waals surface area (Å²) >= 11 is 0. The lowest BCUT2D eigenvalue weighted by molar-refractivity contribution is 0.0704. The number of carbonyl (C=O) groups excluding carboxylic acids is 1. The topological polar surface area (TPSA) is 45.5 Å². The Labute approximate surface area is 149 Å². The van der Waals surface area contributed by atoms with Crippen molar-refractivity contribution in [3.63, 3.8) is 0 Å². The molecule has 1 amide bonds. The number of piperazine rings is 1. The first-order valence-electron chi connectivity index (χ1n) is 8.16. The van der Waals surface area contributed by atoms with Crippen molar-refractivity contribution < 1.29 is 9.21 Å². The minimum atomic E-state index is -0.0240. The number of hydrogen-bond donors (Lipinski definition) is 1. The number of benzene rings is 1. The first-order chi connectivity index (χ1) is 10.9. The Bertz CT molecular complexity index is 680. The van der Waals surface area contributed by atoms with E-state index in [1.165, 1.54) is 5.56 Å². The number of halogens is 1. The van der Waals surface area contributed by atoms with Crippen LogP contribution in [0.5, 0.6) is 0 Å². The van der Waals surface area contributed by atoms with Crippen LogP contribution in [-0.4, -0.2) is 37.0 Å². The number of amides is 1. The van der Waals surface area contributed by atoms with Crippen LogP contribution in [0.25, 0.3) is 11.3 Å². The fourth-order valence-corrected chi connectivity index (χ4v) is 2.77. The second-order valence-corrected chi connectivity index (χ2v) is 7.03. The van der Waals surface area contributed by atoms with Crippen LogP contribution in [0.2, 0.25) is 0 Å². The summed E-state index contributed by atoms with van der Waals surface area (Å²) in [4.78, 5) is 14.3. The number of rotatable bonds is 2. The highest BCUT2D eigenvalue weighted by Gasteiger charge is 2.21. The summed E-state index contributed by atoms with van der Waals surface area (Å²) < 4.78 is 5.80. The number of nitrogens with one attached hydrogen (secondary N) is 1. The summed E-state index contributed by atoms with van der Waals surface area (Å²) in [5.41, 5.74) is 2.41. The van der Waals surface area contributed by atoms with Gasteiger partial charge in [-0.05, 0) is 23.1 Å². The predicted molar refractivity (Wildman–Crippen MR) is 98.9 cm³/mol. The van der Waals surface area contributed by atoms with Gasteiger partial charge in [0.05, 0.1) is 0 Å². The zero-order valence-corrected chi connectivity index (χ0v) is 15.3. The quantitative estimate of drug-likeness (QED) is 0.899. The maximum absolute atomic E-state index is 12.4. The molecule has 2 aromatic rings. The maximum Gasteiger partial charge on any atom is 0.289 e. The minimum absolute atomic E-state index is 0. The maximum atomic E-state index is 12.4. The van der Waals surface area contributed by atoms with Gasteiger partial charge in [0.1, 0.15) is 5.76 Å². The van der Waals surface area contributed by atoms with Crippen LogP contribution in [0.1, 0.15) is 36.9 Å². The monoisotopic (exact) mass is 348 g/mol. The molecule has 2 heterocycles. The summed E-state index contributed by atoms with van der Waals surface area (Å²) in [6.45, 7) is 9.73. The van der Waals surface area contributed by atoms with Crippen molar-refractivity contribution in [2.45, 2.75) is 26.2 Å². The third kappa shape index (κ3) is 4.00. The lowest BCUT2D eigenvalue weighted by Crippen LogP contribution is -2.46. The number of carbonyl (C=O) groups is 1. The fourth-order valence-electron chi connectivity index (χ4n) is 2.77. The van der Waals surface area contributed by atoms with Gasteiger partial charge in [-0.2, -0.15) is 0 Å². The zero-order chi connectivity index (χ0) is 16.4. The molecule has 24 heavy (non-hydrogen) atoms. The molecule has 1 saturated heterocycles. The molecular weight excluding hydrogens is 324 g/mol. The highest BCUT2D eigenvalue weighted by molar-refractivity contribution is 5.92. The minimum Gasteiger partial charge on any atom is -0.451 e. The van der Waals surface area contributed by atoms with Gasteiger partial charge in [0.2, 0.25) is 0 Å². The molecule has 0 unspecified atom stereocenters. The first-order valence-corrected chi connectivity index (χ1v) is 8.16. The van der Waals surface area contributed by atoms with Gasteiger partial charge in [-0.15, -0.1) is 12.4 Å². The number of nitrogens with zero attached hydrogens (tertiary/aromatic N) is 1. The van der Waals surface area contributed by atoms with E-state index in [0.717, 1.165) is 37.5 Å². The zero-order valence-electron chi connectivity index (χ0n) is 14.5. The third-order valence-corrected chi connectivity index (χ3v) is 4.26. The van der Waals surface area contributed by atoms with E-state index in [2.05, 4.69) is 50.4 Å². The molecule has 1 aliphatic heterocycles. The first kappa shape index (κ1) is 18.6. The van der Waals surface area contributed by atoms with Crippen molar-refractivity contribution in [1.82, 2.24) is 10.2 Å². The molecule has 0 saturated carbocycles. The molecule has 0 atom stereocenters. The summed E-state index contributed by atoms with van der Waals surface area (Å²) in [6.07, 6.45) is 0. The highest BCUT2D eigenvalue weighted by atomic mass is 35.5. The van der Waals surface area contributed by atoms with E-state index < -0.39 is 0 Å². The van der Waals surface area contributed by atoms with Gasteiger partial charge in [-0.3, -0.25) is 4.79 Å². The van der Waals surface area contributed by atoms with Gasteiger partial charge in [0, 0.05) is 31.7 Å². The second-order valence-electron chi connectivity index (χ2n) is 7.03. The Kier molecular flexibility index (Phi) is 5.73. The number of furan rings is 1. The largest absolute Gasteiger partial charge is 0.451 e. The highest BCUT2D eigenvalue weighted by Crippen LogP contribution is 2.27. The molecule has 130 valence electrons. The SMILES string of the molecule is CC(C)(C)c1ccc(-c2ccc(C(=O)N3CCNCC3)o2)cc1.Cl. The molecule has 1 fully saturated rings. The number of hydrogen-bond acceptors (Lipinski definition) is 3. The molecule has 1 aromatic heterocycles. The Hall–Kier alpha value is -1.78. The third-order valence-electron chi connectivity index (χ3n) is 4.26. The molecule has 1 aromatic carbocycles. The molecule has 1 aliphatic rings. The van der Waals surface area contributed by atoms with E-state index in [4.69, 9.17) is 4.42 Å². The molecule has 3 rings (SSSR count). The van der Waals surface area contributed by atoms with E-state index in [-0.39, 0.29) is 23.7 Å². The molecule has 0 spiro atoms. The summed E-state index contributed by atoms with van der Waals surface area (Å²) in [5.74, 6) is 1.13.